The van der Waals surface area contributed by atoms with E-state index in [2.05, 4.69) is 6.92 Å². The number of carbonyl (C=O) groups is 2. The SMILES string of the molecule is CCCCCCCCCCCC(=O)Oc1cc(O)c2c(c1)OC(c1ccc(OC)c(O)c1)CC2=O. The van der Waals surface area contributed by atoms with Crippen LogP contribution in [-0.2, 0) is 4.79 Å². The van der Waals surface area contributed by atoms with Crippen molar-refractivity contribution in [3.8, 4) is 28.7 Å². The lowest BCUT2D eigenvalue weighted by molar-refractivity contribution is -0.134. The van der Waals surface area contributed by atoms with E-state index in [1.165, 1.54) is 63.8 Å². The van der Waals surface area contributed by atoms with Gasteiger partial charge in [-0.15, -0.1) is 0 Å². The van der Waals surface area contributed by atoms with Crippen LogP contribution >= 0.6 is 0 Å². The monoisotopic (exact) mass is 484 g/mol. The molecule has 0 amide bonds. The third-order valence-corrected chi connectivity index (χ3v) is 6.26. The molecule has 2 aromatic rings. The summed E-state index contributed by atoms with van der Waals surface area (Å²) in [5, 5.41) is 20.5. The van der Waals surface area contributed by atoms with Crippen LogP contribution in [0.15, 0.2) is 30.3 Å². The maximum Gasteiger partial charge on any atom is 0.311 e. The Kier molecular flexibility index (Phi) is 9.82. The second kappa shape index (κ2) is 13.0. The van der Waals surface area contributed by atoms with Gasteiger partial charge in [-0.3, -0.25) is 9.59 Å². The van der Waals surface area contributed by atoms with Crippen molar-refractivity contribution in [1.82, 2.24) is 0 Å². The minimum absolute atomic E-state index is 0.00403. The topological polar surface area (TPSA) is 102 Å². The highest BCUT2D eigenvalue weighted by Gasteiger charge is 2.31. The fourth-order valence-corrected chi connectivity index (χ4v) is 4.33. The maximum absolute atomic E-state index is 12.7. The number of ketones is 1. The van der Waals surface area contributed by atoms with Crippen LogP contribution in [0.4, 0.5) is 0 Å². The van der Waals surface area contributed by atoms with Crippen molar-refractivity contribution in [2.45, 2.75) is 83.7 Å². The highest BCUT2D eigenvalue weighted by molar-refractivity contribution is 6.02. The summed E-state index contributed by atoms with van der Waals surface area (Å²) in [7, 11) is 1.45. The molecular formula is C28H36O7. The number of hydrogen-bond donors (Lipinski definition) is 2. The number of ether oxygens (including phenoxy) is 3. The van der Waals surface area contributed by atoms with Crippen LogP contribution in [0.1, 0.15) is 99.6 Å². The fraction of sp³-hybridized carbons (Fsp3) is 0.500. The minimum atomic E-state index is -0.654. The lowest BCUT2D eigenvalue weighted by atomic mass is 9.95. The Morgan fingerprint density at radius 3 is 2.31 bits per heavy atom. The quantitative estimate of drug-likeness (QED) is 0.187. The predicted octanol–water partition coefficient (Wildman–Crippen LogP) is 6.64. The second-order valence-electron chi connectivity index (χ2n) is 9.03. The number of esters is 1. The smallest absolute Gasteiger partial charge is 0.311 e. The van der Waals surface area contributed by atoms with Crippen LogP contribution < -0.4 is 14.2 Å². The minimum Gasteiger partial charge on any atom is -0.507 e. The Morgan fingerprint density at radius 2 is 1.66 bits per heavy atom. The molecule has 190 valence electrons. The molecule has 0 spiro atoms. The zero-order valence-electron chi connectivity index (χ0n) is 20.7. The number of unbranched alkanes of at least 4 members (excludes halogenated alkanes) is 8. The molecule has 1 heterocycles. The number of hydrogen-bond acceptors (Lipinski definition) is 7. The van der Waals surface area contributed by atoms with Crippen LogP contribution in [-0.4, -0.2) is 29.1 Å². The number of phenols is 2. The number of carbonyl (C=O) groups excluding carboxylic acids is 2. The van der Waals surface area contributed by atoms with Gasteiger partial charge in [0, 0.05) is 18.6 Å². The highest BCUT2D eigenvalue weighted by atomic mass is 16.5. The van der Waals surface area contributed by atoms with Crippen LogP contribution in [0.3, 0.4) is 0 Å². The largest absolute Gasteiger partial charge is 0.507 e. The van der Waals surface area contributed by atoms with Crippen molar-refractivity contribution in [1.29, 1.82) is 0 Å². The second-order valence-corrected chi connectivity index (χ2v) is 9.03. The van der Waals surface area contributed by atoms with Gasteiger partial charge < -0.3 is 24.4 Å². The van der Waals surface area contributed by atoms with Gasteiger partial charge in [-0.05, 0) is 24.1 Å². The van der Waals surface area contributed by atoms with Crippen LogP contribution in [0.2, 0.25) is 0 Å². The molecule has 0 saturated carbocycles. The van der Waals surface area contributed by atoms with Crippen LogP contribution in [0, 0.1) is 0 Å². The first-order valence-electron chi connectivity index (χ1n) is 12.6. The summed E-state index contributed by atoms with van der Waals surface area (Å²) in [5.41, 5.74) is 0.660. The molecule has 1 aliphatic rings. The zero-order valence-corrected chi connectivity index (χ0v) is 20.7. The number of Topliss-reactive ketones (excluding diaryl/α,β-unsaturated/α-hetero) is 1. The lowest BCUT2D eigenvalue weighted by Gasteiger charge is -2.26. The van der Waals surface area contributed by atoms with Gasteiger partial charge >= 0.3 is 5.97 Å². The molecule has 1 aliphatic heterocycles. The summed E-state index contributed by atoms with van der Waals surface area (Å²) in [6.45, 7) is 2.21. The van der Waals surface area contributed by atoms with Gasteiger partial charge in [-0.2, -0.15) is 0 Å². The van der Waals surface area contributed by atoms with Crippen molar-refractivity contribution >= 4 is 11.8 Å². The van der Waals surface area contributed by atoms with Crippen molar-refractivity contribution in [2.24, 2.45) is 0 Å². The molecule has 7 heteroatoms. The van der Waals surface area contributed by atoms with E-state index in [4.69, 9.17) is 14.2 Å². The molecule has 7 nitrogen and oxygen atoms in total. The van der Waals surface area contributed by atoms with E-state index in [1.54, 1.807) is 12.1 Å². The van der Waals surface area contributed by atoms with E-state index in [0.717, 1.165) is 19.3 Å². The maximum atomic E-state index is 12.7. The predicted molar refractivity (Wildman–Crippen MR) is 133 cm³/mol. The van der Waals surface area contributed by atoms with E-state index in [1.807, 2.05) is 0 Å². The molecule has 1 atom stereocenters. The molecule has 0 fully saturated rings. The summed E-state index contributed by atoms with van der Waals surface area (Å²) in [5.74, 6) is -0.429. The van der Waals surface area contributed by atoms with E-state index < -0.39 is 6.10 Å². The first kappa shape index (κ1) is 26.4. The third-order valence-electron chi connectivity index (χ3n) is 6.26. The van der Waals surface area contributed by atoms with Gasteiger partial charge in [0.15, 0.2) is 17.3 Å². The Bertz CT molecular complexity index is 1010. The van der Waals surface area contributed by atoms with E-state index in [0.29, 0.717) is 17.7 Å². The normalized spacial score (nSPS) is 14.8. The molecule has 1 unspecified atom stereocenters. The Labute approximate surface area is 207 Å². The molecule has 2 aromatic carbocycles. The summed E-state index contributed by atoms with van der Waals surface area (Å²) in [6.07, 6.45) is 10.1. The number of rotatable bonds is 13. The fourth-order valence-electron chi connectivity index (χ4n) is 4.33. The molecule has 2 N–H and O–H groups in total. The van der Waals surface area contributed by atoms with Crippen LogP contribution in [0.5, 0.6) is 28.7 Å². The number of phenolic OH excluding ortho intramolecular Hbond substituents is 2. The summed E-state index contributed by atoms with van der Waals surface area (Å²) < 4.78 is 16.4. The summed E-state index contributed by atoms with van der Waals surface area (Å²) in [4.78, 5) is 25.0. The van der Waals surface area contributed by atoms with Crippen LogP contribution in [0.25, 0.3) is 0 Å². The van der Waals surface area contributed by atoms with E-state index in [-0.39, 0.29) is 46.7 Å². The molecule has 0 aromatic heterocycles. The summed E-state index contributed by atoms with van der Waals surface area (Å²) in [6, 6.07) is 7.51. The molecule has 35 heavy (non-hydrogen) atoms. The highest BCUT2D eigenvalue weighted by Crippen LogP contribution is 2.43. The molecule has 0 bridgehead atoms. The van der Waals surface area contributed by atoms with Gasteiger partial charge in [0.2, 0.25) is 0 Å². The first-order valence-corrected chi connectivity index (χ1v) is 12.6. The van der Waals surface area contributed by atoms with Gasteiger partial charge in [0.05, 0.1) is 13.5 Å². The molecule has 3 rings (SSSR count). The van der Waals surface area contributed by atoms with Gasteiger partial charge in [0.1, 0.15) is 28.9 Å². The molecule has 0 saturated heterocycles. The van der Waals surface area contributed by atoms with Gasteiger partial charge in [0.25, 0.3) is 0 Å². The number of methoxy groups -OCH3 is 1. The Hall–Kier alpha value is -3.22. The van der Waals surface area contributed by atoms with Crippen molar-refractivity contribution in [3.63, 3.8) is 0 Å². The lowest BCUT2D eigenvalue weighted by Crippen LogP contribution is -2.20. The first-order chi connectivity index (χ1) is 16.9. The number of fused-ring (bicyclic) bond motifs is 1. The van der Waals surface area contributed by atoms with Crippen molar-refractivity contribution in [3.05, 3.63) is 41.5 Å². The van der Waals surface area contributed by atoms with E-state index in [9.17, 15) is 19.8 Å². The summed E-state index contributed by atoms with van der Waals surface area (Å²) >= 11 is 0. The molecule has 0 radical (unpaired) electrons. The standard InChI is InChI=1S/C28H36O7/c1-3-4-5-6-7-8-9-10-11-12-27(32)34-20-16-22(30)28-23(31)18-25(35-26(28)17-20)19-13-14-24(33-2)21(29)15-19/h13-17,25,29-30H,3-12,18H2,1-2H3. The number of benzene rings is 2. The van der Waals surface area contributed by atoms with E-state index >= 15 is 0 Å². The average molecular weight is 485 g/mol. The average Bonchev–Trinajstić information content (AvgIpc) is 2.82. The number of aromatic hydroxyl groups is 2. The Balaban J connectivity index is 1.54. The molecular weight excluding hydrogens is 448 g/mol. The van der Waals surface area contributed by atoms with Crippen molar-refractivity contribution in [2.75, 3.05) is 7.11 Å². The zero-order chi connectivity index (χ0) is 25.2. The van der Waals surface area contributed by atoms with Crippen molar-refractivity contribution < 1.29 is 34.0 Å². The van der Waals surface area contributed by atoms with Gasteiger partial charge in [-0.25, -0.2) is 0 Å². The Morgan fingerprint density at radius 1 is 0.971 bits per heavy atom. The molecule has 0 aliphatic carbocycles. The van der Waals surface area contributed by atoms with Gasteiger partial charge in [-0.1, -0.05) is 64.4 Å². The third kappa shape index (κ3) is 7.38.